The molecule has 0 aromatic heterocycles. The first kappa shape index (κ1) is 16.0. The minimum Gasteiger partial charge on any atom is -0.320 e. The topological polar surface area (TPSA) is 73.2 Å². The number of nitrogens with zero attached hydrogens (tertiary/aromatic N) is 2. The van der Waals surface area contributed by atoms with Crippen molar-refractivity contribution in [3.63, 3.8) is 0 Å². The van der Waals surface area contributed by atoms with Gasteiger partial charge in [0.25, 0.3) is 0 Å². The van der Waals surface area contributed by atoms with E-state index in [0.717, 1.165) is 25.8 Å². The fourth-order valence-electron chi connectivity index (χ4n) is 2.64. The van der Waals surface area contributed by atoms with Crippen molar-refractivity contribution in [3.8, 4) is 6.07 Å². The smallest absolute Gasteiger partial charge is 0.243 e. The van der Waals surface area contributed by atoms with Gasteiger partial charge in [0, 0.05) is 13.1 Å². The molecule has 1 aliphatic heterocycles. The molecule has 1 aromatic carbocycles. The maximum Gasteiger partial charge on any atom is 0.243 e. The largest absolute Gasteiger partial charge is 0.320 e. The lowest BCUT2D eigenvalue weighted by Gasteiger charge is -2.31. The van der Waals surface area contributed by atoms with Gasteiger partial charge in [0.05, 0.1) is 16.5 Å². The third kappa shape index (κ3) is 3.82. The molecule has 0 spiro atoms. The summed E-state index contributed by atoms with van der Waals surface area (Å²) in [6, 6.07) is 8.12. The molecule has 1 aromatic rings. The molecule has 1 saturated heterocycles. The third-order valence-corrected chi connectivity index (χ3v) is 5.91. The molecule has 1 heterocycles. The van der Waals surface area contributed by atoms with Gasteiger partial charge in [0.15, 0.2) is 0 Å². The van der Waals surface area contributed by atoms with E-state index >= 15 is 0 Å². The second-order valence-corrected chi connectivity index (χ2v) is 7.31. The third-order valence-electron chi connectivity index (χ3n) is 4.00. The van der Waals surface area contributed by atoms with Crippen LogP contribution in [0.3, 0.4) is 0 Å². The predicted octanol–water partition coefficient (Wildman–Crippen LogP) is 1.57. The molecule has 6 heteroatoms. The number of nitriles is 1. The van der Waals surface area contributed by atoms with Gasteiger partial charge in [-0.1, -0.05) is 0 Å². The summed E-state index contributed by atoms with van der Waals surface area (Å²) in [5.74, 6) is 0.602. The number of benzene rings is 1. The van der Waals surface area contributed by atoms with Crippen LogP contribution in [-0.2, 0) is 10.0 Å². The summed E-state index contributed by atoms with van der Waals surface area (Å²) in [6.07, 6.45) is 2.93. The molecule has 1 fully saturated rings. The van der Waals surface area contributed by atoms with Gasteiger partial charge in [0.1, 0.15) is 0 Å². The Morgan fingerprint density at radius 3 is 2.43 bits per heavy atom. The Hall–Kier alpha value is -1.42. The molecule has 1 aliphatic rings. The molecule has 0 atom stereocenters. The molecule has 0 aliphatic carbocycles. The molecular weight excluding hydrogens is 286 g/mol. The zero-order valence-electron chi connectivity index (χ0n) is 12.2. The minimum atomic E-state index is -3.42. The maximum absolute atomic E-state index is 12.5. The van der Waals surface area contributed by atoms with Crippen LogP contribution in [0.25, 0.3) is 0 Å². The van der Waals surface area contributed by atoms with Crippen molar-refractivity contribution in [1.82, 2.24) is 9.62 Å². The van der Waals surface area contributed by atoms with E-state index < -0.39 is 10.0 Å². The molecule has 2 rings (SSSR count). The number of rotatable bonds is 5. The Kier molecular flexibility index (Phi) is 5.34. The number of nitrogens with one attached hydrogen (secondary N) is 1. The standard InChI is InChI=1S/C15H21N3O2S/c1-17-9-6-13-7-10-18(11-8-13)21(19,20)15-4-2-14(12-16)3-5-15/h2-5,13,17H,6-11H2,1H3. The predicted molar refractivity (Wildman–Crippen MR) is 81.2 cm³/mol. The second kappa shape index (κ2) is 7.03. The highest BCUT2D eigenvalue weighted by Crippen LogP contribution is 2.25. The highest BCUT2D eigenvalue weighted by atomic mass is 32.2. The second-order valence-electron chi connectivity index (χ2n) is 5.38. The van der Waals surface area contributed by atoms with Crippen LogP contribution < -0.4 is 5.32 Å². The Bertz CT molecular complexity index is 597. The van der Waals surface area contributed by atoms with Gasteiger partial charge in [-0.25, -0.2) is 8.42 Å². The number of hydrogen-bond donors (Lipinski definition) is 1. The van der Waals surface area contributed by atoms with Crippen LogP contribution in [0.5, 0.6) is 0 Å². The maximum atomic E-state index is 12.5. The van der Waals surface area contributed by atoms with Gasteiger partial charge in [-0.3, -0.25) is 0 Å². The van der Waals surface area contributed by atoms with Crippen molar-refractivity contribution >= 4 is 10.0 Å². The number of sulfonamides is 1. The zero-order valence-corrected chi connectivity index (χ0v) is 13.1. The summed E-state index contributed by atoms with van der Waals surface area (Å²) in [6.45, 7) is 2.14. The van der Waals surface area contributed by atoms with Crippen molar-refractivity contribution in [2.45, 2.75) is 24.2 Å². The van der Waals surface area contributed by atoms with E-state index in [2.05, 4.69) is 5.32 Å². The Morgan fingerprint density at radius 1 is 1.29 bits per heavy atom. The normalized spacial score (nSPS) is 17.5. The van der Waals surface area contributed by atoms with Crippen LogP contribution in [0, 0.1) is 17.2 Å². The molecule has 5 nitrogen and oxygen atoms in total. The summed E-state index contributed by atoms with van der Waals surface area (Å²) >= 11 is 0. The molecule has 114 valence electrons. The summed E-state index contributed by atoms with van der Waals surface area (Å²) in [5.41, 5.74) is 0.472. The van der Waals surface area contributed by atoms with Crippen LogP contribution in [-0.4, -0.2) is 39.4 Å². The van der Waals surface area contributed by atoms with E-state index in [1.54, 1.807) is 16.4 Å². The average Bonchev–Trinajstić information content (AvgIpc) is 2.53. The van der Waals surface area contributed by atoms with Crippen molar-refractivity contribution < 1.29 is 8.42 Å². The fourth-order valence-corrected chi connectivity index (χ4v) is 4.11. The van der Waals surface area contributed by atoms with Crippen LogP contribution >= 0.6 is 0 Å². The first-order chi connectivity index (χ1) is 10.1. The monoisotopic (exact) mass is 307 g/mol. The van der Waals surface area contributed by atoms with Crippen LogP contribution in [0.4, 0.5) is 0 Å². The highest BCUT2D eigenvalue weighted by Gasteiger charge is 2.29. The molecule has 0 bridgehead atoms. The zero-order chi connectivity index (χ0) is 15.3. The lowest BCUT2D eigenvalue weighted by molar-refractivity contribution is 0.263. The van der Waals surface area contributed by atoms with Gasteiger partial charge < -0.3 is 5.32 Å². The first-order valence-corrected chi connectivity index (χ1v) is 8.67. The van der Waals surface area contributed by atoms with Crippen molar-refractivity contribution in [2.75, 3.05) is 26.7 Å². The van der Waals surface area contributed by atoms with E-state index in [1.807, 2.05) is 13.1 Å². The van der Waals surface area contributed by atoms with Crippen LogP contribution in [0.1, 0.15) is 24.8 Å². The van der Waals surface area contributed by atoms with Crippen molar-refractivity contribution in [2.24, 2.45) is 5.92 Å². The Morgan fingerprint density at radius 2 is 1.90 bits per heavy atom. The molecule has 0 unspecified atom stereocenters. The van der Waals surface area contributed by atoms with Gasteiger partial charge in [0.2, 0.25) is 10.0 Å². The molecule has 0 saturated carbocycles. The Balaban J connectivity index is 2.02. The van der Waals surface area contributed by atoms with Gasteiger partial charge in [-0.2, -0.15) is 9.57 Å². The summed E-state index contributed by atoms with van der Waals surface area (Å²) in [7, 11) is -1.49. The molecule has 1 N–H and O–H groups in total. The van der Waals surface area contributed by atoms with E-state index in [1.165, 1.54) is 12.1 Å². The number of piperidine rings is 1. The average molecular weight is 307 g/mol. The van der Waals surface area contributed by atoms with E-state index in [4.69, 9.17) is 5.26 Å². The summed E-state index contributed by atoms with van der Waals surface area (Å²) < 4.78 is 26.6. The van der Waals surface area contributed by atoms with E-state index in [9.17, 15) is 8.42 Å². The minimum absolute atomic E-state index is 0.273. The summed E-state index contributed by atoms with van der Waals surface area (Å²) in [4.78, 5) is 0.273. The van der Waals surface area contributed by atoms with Crippen molar-refractivity contribution in [3.05, 3.63) is 29.8 Å². The van der Waals surface area contributed by atoms with Gasteiger partial charge in [-0.05, 0) is 63.0 Å². The van der Waals surface area contributed by atoms with E-state index in [-0.39, 0.29) is 4.90 Å². The molecular formula is C15H21N3O2S. The van der Waals surface area contributed by atoms with Gasteiger partial charge in [-0.15, -0.1) is 0 Å². The number of hydrogen-bond acceptors (Lipinski definition) is 4. The van der Waals surface area contributed by atoms with E-state index in [0.29, 0.717) is 24.6 Å². The molecule has 0 amide bonds. The van der Waals surface area contributed by atoms with Crippen LogP contribution in [0.2, 0.25) is 0 Å². The lowest BCUT2D eigenvalue weighted by atomic mass is 9.95. The quantitative estimate of drug-likeness (QED) is 0.896. The molecule has 0 radical (unpaired) electrons. The Labute approximate surface area is 126 Å². The fraction of sp³-hybridized carbons (Fsp3) is 0.533. The van der Waals surface area contributed by atoms with Crippen molar-refractivity contribution in [1.29, 1.82) is 5.26 Å². The van der Waals surface area contributed by atoms with Gasteiger partial charge >= 0.3 is 0 Å². The highest BCUT2D eigenvalue weighted by molar-refractivity contribution is 7.89. The summed E-state index contributed by atoms with van der Waals surface area (Å²) in [5, 5.41) is 11.9. The van der Waals surface area contributed by atoms with Crippen LogP contribution in [0.15, 0.2) is 29.2 Å². The molecule has 21 heavy (non-hydrogen) atoms. The first-order valence-electron chi connectivity index (χ1n) is 7.23. The lowest BCUT2D eigenvalue weighted by Crippen LogP contribution is -2.38. The SMILES string of the molecule is CNCCC1CCN(S(=O)(=O)c2ccc(C#N)cc2)CC1.